The first-order chi connectivity index (χ1) is 14.3. The number of para-hydroxylation sites is 1. The van der Waals surface area contributed by atoms with Crippen molar-refractivity contribution in [3.63, 3.8) is 0 Å². The quantitative estimate of drug-likeness (QED) is 0.703. The van der Waals surface area contributed by atoms with Gasteiger partial charge >= 0.3 is 6.09 Å². The molecule has 1 amide bonds. The highest BCUT2D eigenvalue weighted by Crippen LogP contribution is 2.29. The number of benzene rings is 1. The number of methoxy groups -OCH3 is 1. The average molecular weight is 460 g/mol. The third-order valence-electron chi connectivity index (χ3n) is 5.69. The van der Waals surface area contributed by atoms with Gasteiger partial charge in [-0.2, -0.15) is 0 Å². The van der Waals surface area contributed by atoms with Crippen LogP contribution in [-0.4, -0.2) is 77.2 Å². The Bertz CT molecular complexity index is 829. The molecule has 168 valence electrons. The van der Waals surface area contributed by atoms with Gasteiger partial charge in [-0.3, -0.25) is 0 Å². The minimum absolute atomic E-state index is 0.0454. The first kappa shape index (κ1) is 23.1. The number of carbonyl (C=O) groups excluding carboxylic acids is 1. The number of carbonyl (C=O) groups is 1. The Kier molecular flexibility index (Phi) is 7.84. The summed E-state index contributed by atoms with van der Waals surface area (Å²) in [6.45, 7) is 2.43. The number of nitrogens with one attached hydrogen (secondary N) is 1. The summed E-state index contributed by atoms with van der Waals surface area (Å²) in [5.41, 5.74) is 1.03. The minimum atomic E-state index is -3.40. The molecule has 0 aromatic heterocycles. The van der Waals surface area contributed by atoms with Crippen LogP contribution in [0.2, 0.25) is 5.02 Å². The van der Waals surface area contributed by atoms with Crippen molar-refractivity contribution in [2.75, 3.05) is 44.5 Å². The fourth-order valence-electron chi connectivity index (χ4n) is 4.23. The summed E-state index contributed by atoms with van der Waals surface area (Å²) in [6.07, 6.45) is 3.74. The van der Waals surface area contributed by atoms with Gasteiger partial charge in [-0.25, -0.2) is 17.9 Å². The zero-order valence-corrected chi connectivity index (χ0v) is 19.0. The number of hydrogen-bond donors (Lipinski definition) is 1. The van der Waals surface area contributed by atoms with Crippen LogP contribution in [0.3, 0.4) is 0 Å². The second-order valence-corrected chi connectivity index (χ2v) is 10.0. The number of ether oxygens (including phenoxy) is 2. The smallest absolute Gasteiger partial charge is 0.409 e. The molecule has 2 aliphatic rings. The van der Waals surface area contributed by atoms with Crippen molar-refractivity contribution in [1.82, 2.24) is 9.62 Å². The molecule has 1 N–H and O–H groups in total. The van der Waals surface area contributed by atoms with Gasteiger partial charge in [0.2, 0.25) is 10.0 Å². The Labute approximate surface area is 183 Å². The van der Waals surface area contributed by atoms with Crippen molar-refractivity contribution in [1.29, 1.82) is 0 Å². The van der Waals surface area contributed by atoms with Gasteiger partial charge in [0.25, 0.3) is 0 Å². The van der Waals surface area contributed by atoms with Gasteiger partial charge in [0, 0.05) is 25.7 Å². The number of piperidine rings is 2. The van der Waals surface area contributed by atoms with E-state index in [1.807, 2.05) is 24.3 Å². The lowest BCUT2D eigenvalue weighted by molar-refractivity contribution is -0.0180. The highest BCUT2D eigenvalue weighted by atomic mass is 35.5. The standard InChI is InChI=1S/C20H30ClN3O5S/c1-28-20(25)24-11-5-7-17(22-30(2,26)27)19(24)14-29-15-9-12-23(13-10-15)18-8-4-3-6-16(18)21/h3-4,6,8,15,17,19,22H,5,7,9-14H2,1-2H3/t17-,19-/m0/s1. The zero-order chi connectivity index (χ0) is 21.7. The Morgan fingerprint density at radius 1 is 1.20 bits per heavy atom. The van der Waals surface area contributed by atoms with Crippen LogP contribution < -0.4 is 9.62 Å². The third kappa shape index (κ3) is 6.00. The molecule has 2 aliphatic heterocycles. The number of likely N-dealkylation sites (tertiary alicyclic amines) is 1. The van der Waals surface area contributed by atoms with E-state index in [1.165, 1.54) is 7.11 Å². The van der Waals surface area contributed by atoms with E-state index in [2.05, 4.69) is 9.62 Å². The van der Waals surface area contributed by atoms with Gasteiger partial charge in [-0.15, -0.1) is 0 Å². The van der Waals surface area contributed by atoms with Crippen LogP contribution in [0.4, 0.5) is 10.5 Å². The van der Waals surface area contributed by atoms with E-state index < -0.39 is 28.2 Å². The predicted octanol–water partition coefficient (Wildman–Crippen LogP) is 2.47. The van der Waals surface area contributed by atoms with Crippen molar-refractivity contribution in [3.05, 3.63) is 29.3 Å². The lowest BCUT2D eigenvalue weighted by Crippen LogP contribution is -2.59. The Morgan fingerprint density at radius 2 is 1.90 bits per heavy atom. The molecule has 8 nitrogen and oxygen atoms in total. The largest absolute Gasteiger partial charge is 0.453 e. The number of sulfonamides is 1. The summed E-state index contributed by atoms with van der Waals surface area (Å²) in [7, 11) is -2.07. The zero-order valence-electron chi connectivity index (χ0n) is 17.4. The molecule has 3 rings (SSSR count). The van der Waals surface area contributed by atoms with Crippen molar-refractivity contribution >= 4 is 33.4 Å². The van der Waals surface area contributed by atoms with Gasteiger partial charge in [-0.1, -0.05) is 23.7 Å². The van der Waals surface area contributed by atoms with Crippen molar-refractivity contribution in [2.45, 2.75) is 43.9 Å². The normalized spacial score (nSPS) is 23.4. The summed E-state index contributed by atoms with van der Waals surface area (Å²) in [4.78, 5) is 16.0. The molecular formula is C20H30ClN3O5S. The predicted molar refractivity (Wildman–Crippen MR) is 117 cm³/mol. The molecule has 30 heavy (non-hydrogen) atoms. The van der Waals surface area contributed by atoms with Gasteiger partial charge < -0.3 is 19.3 Å². The van der Waals surface area contributed by atoms with Crippen molar-refractivity contribution in [3.8, 4) is 0 Å². The molecule has 2 atom stereocenters. The Balaban J connectivity index is 1.60. The van der Waals surface area contributed by atoms with E-state index in [4.69, 9.17) is 21.1 Å². The molecule has 2 saturated heterocycles. The summed E-state index contributed by atoms with van der Waals surface area (Å²) >= 11 is 6.31. The van der Waals surface area contributed by atoms with Crippen LogP contribution >= 0.6 is 11.6 Å². The SMILES string of the molecule is COC(=O)N1CCC[C@H](NS(C)(=O)=O)[C@@H]1COC1CCN(c2ccccc2Cl)CC1. The fourth-order valence-corrected chi connectivity index (χ4v) is 5.31. The topological polar surface area (TPSA) is 88.2 Å². The van der Waals surface area contributed by atoms with Gasteiger partial charge in [0.1, 0.15) is 0 Å². The number of nitrogens with zero attached hydrogens (tertiary/aromatic N) is 2. The monoisotopic (exact) mass is 459 g/mol. The minimum Gasteiger partial charge on any atom is -0.453 e. The lowest BCUT2D eigenvalue weighted by Gasteiger charge is -2.41. The summed E-state index contributed by atoms with van der Waals surface area (Å²) in [5, 5.41) is 0.738. The molecule has 2 heterocycles. The third-order valence-corrected chi connectivity index (χ3v) is 6.74. The number of rotatable bonds is 6. The van der Waals surface area contributed by atoms with Gasteiger partial charge in [0.05, 0.1) is 42.8 Å². The number of anilines is 1. The van der Waals surface area contributed by atoms with E-state index in [-0.39, 0.29) is 12.7 Å². The van der Waals surface area contributed by atoms with E-state index in [0.717, 1.165) is 42.9 Å². The van der Waals surface area contributed by atoms with Crippen LogP contribution in [-0.2, 0) is 19.5 Å². The molecule has 2 fully saturated rings. The van der Waals surface area contributed by atoms with Crippen LogP contribution in [0.15, 0.2) is 24.3 Å². The molecule has 0 bridgehead atoms. The average Bonchev–Trinajstić information content (AvgIpc) is 2.72. The van der Waals surface area contributed by atoms with E-state index in [0.29, 0.717) is 19.4 Å². The number of hydrogen-bond acceptors (Lipinski definition) is 6. The molecule has 0 spiro atoms. The van der Waals surface area contributed by atoms with Crippen molar-refractivity contribution in [2.24, 2.45) is 0 Å². The summed E-state index contributed by atoms with van der Waals surface area (Å²) in [6, 6.07) is 7.00. The second-order valence-electron chi connectivity index (χ2n) is 7.84. The maximum atomic E-state index is 12.2. The van der Waals surface area contributed by atoms with Crippen LogP contribution in [0.1, 0.15) is 25.7 Å². The summed E-state index contributed by atoms with van der Waals surface area (Å²) < 4.78 is 37.3. The highest BCUT2D eigenvalue weighted by molar-refractivity contribution is 7.88. The second kappa shape index (κ2) is 10.2. The van der Waals surface area contributed by atoms with Crippen molar-refractivity contribution < 1.29 is 22.7 Å². The molecule has 10 heteroatoms. The molecule has 0 aliphatic carbocycles. The van der Waals surface area contributed by atoms with E-state index in [9.17, 15) is 13.2 Å². The molecule has 1 aromatic rings. The summed E-state index contributed by atoms with van der Waals surface area (Å²) in [5.74, 6) is 0. The highest BCUT2D eigenvalue weighted by Gasteiger charge is 2.37. The molecule has 0 radical (unpaired) electrons. The van der Waals surface area contributed by atoms with E-state index in [1.54, 1.807) is 4.90 Å². The van der Waals surface area contributed by atoms with Gasteiger partial charge in [-0.05, 0) is 37.8 Å². The fraction of sp³-hybridized carbons (Fsp3) is 0.650. The Hall–Kier alpha value is -1.55. The van der Waals surface area contributed by atoms with Crippen LogP contribution in [0.5, 0.6) is 0 Å². The maximum absolute atomic E-state index is 12.2. The number of amides is 1. The maximum Gasteiger partial charge on any atom is 0.409 e. The van der Waals surface area contributed by atoms with E-state index >= 15 is 0 Å². The Morgan fingerprint density at radius 3 is 2.53 bits per heavy atom. The molecule has 0 unspecified atom stereocenters. The first-order valence-corrected chi connectivity index (χ1v) is 12.5. The van der Waals surface area contributed by atoms with Gasteiger partial charge in [0.15, 0.2) is 0 Å². The van der Waals surface area contributed by atoms with Crippen LogP contribution in [0, 0.1) is 0 Å². The van der Waals surface area contributed by atoms with Crippen LogP contribution in [0.25, 0.3) is 0 Å². The molecule has 1 aromatic carbocycles. The molecular weight excluding hydrogens is 430 g/mol. The lowest BCUT2D eigenvalue weighted by atomic mass is 9.97. The molecule has 0 saturated carbocycles. The first-order valence-electron chi connectivity index (χ1n) is 10.2. The number of halogens is 1.